The number of nitrogens with zero attached hydrogens (tertiary/aromatic N) is 3. The lowest BCUT2D eigenvalue weighted by atomic mass is 9.80. The largest absolute Gasteiger partial charge is 0.288 e. The number of carbonyl (C=O) groups is 1. The summed E-state index contributed by atoms with van der Waals surface area (Å²) in [6, 6.07) is 6.41. The summed E-state index contributed by atoms with van der Waals surface area (Å²) in [6.45, 7) is 8.15. The van der Waals surface area contributed by atoms with Gasteiger partial charge in [-0.15, -0.1) is 0 Å². The molecule has 0 aromatic heterocycles. The Morgan fingerprint density at radius 1 is 1.07 bits per heavy atom. The van der Waals surface area contributed by atoms with E-state index in [1.807, 2.05) is 26.0 Å². The molecule has 1 fully saturated rings. The second-order valence-electron chi connectivity index (χ2n) is 7.24. The van der Waals surface area contributed by atoms with E-state index in [0.717, 1.165) is 35.5 Å². The molecular formula is C23H25N3OS. The van der Waals surface area contributed by atoms with Crippen molar-refractivity contribution in [2.45, 2.75) is 44.9 Å². The van der Waals surface area contributed by atoms with Crippen molar-refractivity contribution in [3.8, 4) is 0 Å². The van der Waals surface area contributed by atoms with Crippen molar-refractivity contribution in [3.05, 3.63) is 58.3 Å². The molecule has 1 aliphatic carbocycles. The van der Waals surface area contributed by atoms with E-state index in [-0.39, 0.29) is 5.78 Å². The smallest absolute Gasteiger partial charge is 0.196 e. The van der Waals surface area contributed by atoms with E-state index in [1.165, 1.54) is 24.2 Å². The highest BCUT2D eigenvalue weighted by molar-refractivity contribution is 7.97. The van der Waals surface area contributed by atoms with Crippen LogP contribution in [0.5, 0.6) is 0 Å². The minimum atomic E-state index is 0.0341. The fourth-order valence-electron chi connectivity index (χ4n) is 4.00. The number of aryl methyl sites for hydroxylation is 1. The quantitative estimate of drug-likeness (QED) is 0.528. The van der Waals surface area contributed by atoms with E-state index in [9.17, 15) is 4.79 Å². The number of hydrogen-bond donors (Lipinski definition) is 0. The molecule has 2 aliphatic heterocycles. The van der Waals surface area contributed by atoms with Gasteiger partial charge in [0.05, 0.1) is 11.3 Å². The van der Waals surface area contributed by atoms with Crippen molar-refractivity contribution in [2.75, 3.05) is 13.1 Å². The number of allylic oxidation sites excluding steroid dienone is 5. The average Bonchev–Trinajstić information content (AvgIpc) is 3.19. The third kappa shape index (κ3) is 3.33. The first-order valence-electron chi connectivity index (χ1n) is 9.91. The number of piperidine rings is 1. The highest BCUT2D eigenvalue weighted by atomic mass is 32.2. The molecule has 0 radical (unpaired) electrons. The normalized spacial score (nSPS) is 23.0. The summed E-state index contributed by atoms with van der Waals surface area (Å²) in [6.07, 6.45) is 9.22. The Kier molecular flexibility index (Phi) is 5.47. The van der Waals surface area contributed by atoms with Crippen LogP contribution in [0.4, 0.5) is 0 Å². The Morgan fingerprint density at radius 3 is 2.54 bits per heavy atom. The van der Waals surface area contributed by atoms with Gasteiger partial charge in [0.25, 0.3) is 0 Å². The van der Waals surface area contributed by atoms with Crippen molar-refractivity contribution in [1.29, 1.82) is 0 Å². The van der Waals surface area contributed by atoms with E-state index in [2.05, 4.69) is 39.4 Å². The van der Waals surface area contributed by atoms with E-state index in [1.54, 1.807) is 18.3 Å². The molecule has 5 heteroatoms. The summed E-state index contributed by atoms with van der Waals surface area (Å²) in [5.74, 6) is 0.0341. The third-order valence-electron chi connectivity index (χ3n) is 5.46. The van der Waals surface area contributed by atoms with E-state index < -0.39 is 0 Å². The number of aliphatic imine (C=N–C) groups is 2. The second-order valence-corrected chi connectivity index (χ2v) is 8.41. The minimum Gasteiger partial charge on any atom is -0.288 e. The Balaban J connectivity index is 1.79. The van der Waals surface area contributed by atoms with Crippen LogP contribution in [0.1, 0.15) is 44.2 Å². The van der Waals surface area contributed by atoms with Gasteiger partial charge in [-0.25, -0.2) is 14.3 Å². The molecule has 0 spiro atoms. The van der Waals surface area contributed by atoms with Gasteiger partial charge in [-0.2, -0.15) is 0 Å². The van der Waals surface area contributed by atoms with Crippen LogP contribution in [-0.2, 0) is 4.79 Å². The van der Waals surface area contributed by atoms with Crippen LogP contribution in [0, 0.1) is 6.92 Å². The van der Waals surface area contributed by atoms with Crippen LogP contribution in [-0.4, -0.2) is 35.2 Å². The van der Waals surface area contributed by atoms with Gasteiger partial charge in [0.2, 0.25) is 0 Å². The molecule has 28 heavy (non-hydrogen) atoms. The topological polar surface area (TPSA) is 45.0 Å². The van der Waals surface area contributed by atoms with Gasteiger partial charge in [-0.05, 0) is 68.8 Å². The van der Waals surface area contributed by atoms with Crippen LogP contribution in [0.25, 0.3) is 5.57 Å². The van der Waals surface area contributed by atoms with Crippen molar-refractivity contribution in [2.24, 2.45) is 9.98 Å². The van der Waals surface area contributed by atoms with Gasteiger partial charge in [-0.1, -0.05) is 24.6 Å². The molecule has 0 unspecified atom stereocenters. The fourth-order valence-corrected chi connectivity index (χ4v) is 5.04. The molecule has 1 saturated heterocycles. The Morgan fingerprint density at radius 2 is 1.82 bits per heavy atom. The summed E-state index contributed by atoms with van der Waals surface area (Å²) >= 11 is 1.79. The minimum absolute atomic E-state index is 0.0341. The van der Waals surface area contributed by atoms with Crippen LogP contribution in [0.2, 0.25) is 0 Å². The summed E-state index contributed by atoms with van der Waals surface area (Å²) in [5, 5.41) is 0. The first-order valence-corrected chi connectivity index (χ1v) is 10.7. The summed E-state index contributed by atoms with van der Waals surface area (Å²) in [7, 11) is 0. The highest BCUT2D eigenvalue weighted by Gasteiger charge is 2.35. The van der Waals surface area contributed by atoms with Gasteiger partial charge in [0.15, 0.2) is 5.78 Å². The number of ketones is 1. The maximum atomic E-state index is 13.4. The lowest BCUT2D eigenvalue weighted by molar-refractivity contribution is -0.110. The zero-order valence-electron chi connectivity index (χ0n) is 16.7. The first-order chi connectivity index (χ1) is 13.6. The molecule has 4 rings (SSSR count). The molecule has 4 nitrogen and oxygen atoms in total. The van der Waals surface area contributed by atoms with Gasteiger partial charge >= 0.3 is 0 Å². The van der Waals surface area contributed by atoms with Crippen molar-refractivity contribution >= 4 is 35.4 Å². The maximum Gasteiger partial charge on any atom is 0.196 e. The lowest BCUT2D eigenvalue weighted by Gasteiger charge is -2.26. The number of rotatable bonds is 3. The molecule has 3 aliphatic rings. The predicted octanol–water partition coefficient (Wildman–Crippen LogP) is 5.16. The molecule has 2 heterocycles. The molecular weight excluding hydrogens is 366 g/mol. The molecule has 1 aromatic carbocycles. The Labute approximate surface area is 171 Å². The molecule has 144 valence electrons. The number of fused-ring (bicyclic) bond motifs is 1. The summed E-state index contributed by atoms with van der Waals surface area (Å²) < 4.78 is 2.42. The Hall–Kier alpha value is -2.24. The maximum absolute atomic E-state index is 13.4. The predicted molar refractivity (Wildman–Crippen MR) is 118 cm³/mol. The van der Waals surface area contributed by atoms with Crippen LogP contribution in [0.3, 0.4) is 0 Å². The highest BCUT2D eigenvalue weighted by Crippen LogP contribution is 2.39. The zero-order chi connectivity index (χ0) is 19.7. The van der Waals surface area contributed by atoms with Crippen LogP contribution >= 0.6 is 11.9 Å². The second kappa shape index (κ2) is 8.02. The molecule has 0 bridgehead atoms. The van der Waals surface area contributed by atoms with Gasteiger partial charge in [-0.3, -0.25) is 4.79 Å². The molecule has 0 N–H and O–H groups in total. The number of benzene rings is 1. The molecule has 0 atom stereocenters. The van der Waals surface area contributed by atoms with Crippen molar-refractivity contribution in [1.82, 2.24) is 4.31 Å². The molecule has 0 amide bonds. The summed E-state index contributed by atoms with van der Waals surface area (Å²) in [4.78, 5) is 23.5. The zero-order valence-corrected chi connectivity index (χ0v) is 17.5. The number of hydrogen-bond acceptors (Lipinski definition) is 5. The van der Waals surface area contributed by atoms with Crippen LogP contribution < -0.4 is 0 Å². The summed E-state index contributed by atoms with van der Waals surface area (Å²) in [5.41, 5.74) is 5.80. The average molecular weight is 392 g/mol. The first kappa shape index (κ1) is 19.1. The van der Waals surface area contributed by atoms with Gasteiger partial charge in [0.1, 0.15) is 12.0 Å². The monoisotopic (exact) mass is 391 g/mol. The molecule has 1 aromatic rings. The molecule has 0 saturated carbocycles. The number of Topliss-reactive ketones (excluding diaryl/α,β-unsaturated/α-hetero) is 1. The van der Waals surface area contributed by atoms with E-state index >= 15 is 0 Å². The van der Waals surface area contributed by atoms with Gasteiger partial charge < -0.3 is 0 Å². The van der Waals surface area contributed by atoms with Crippen molar-refractivity contribution < 1.29 is 4.79 Å². The standard InChI is InChI=1S/C23H25N3OS/c1-4-17-18(5-2)23(27)20(22-21(17)24-14-25-22)19-13-16(10-9-15(19)3)28-26-11-7-6-8-12-26/h4-5,9-10,13-14H,6-8,11-12H2,1-3H3/b17-4+,18-5+. The SMILES string of the molecule is C/C=C1/C(=O)C(c2cc(SN3CCCCC3)ccc2C)=C2N=CN=C2/C1=C/C. The van der Waals surface area contributed by atoms with Gasteiger partial charge in [0, 0.05) is 29.1 Å². The third-order valence-corrected chi connectivity index (χ3v) is 6.55. The lowest BCUT2D eigenvalue weighted by Crippen LogP contribution is -2.23. The van der Waals surface area contributed by atoms with Crippen molar-refractivity contribution in [3.63, 3.8) is 0 Å². The fraction of sp³-hybridized carbons (Fsp3) is 0.348. The van der Waals surface area contributed by atoms with Crippen LogP contribution in [0.15, 0.2) is 62.1 Å². The Bertz CT molecular complexity index is 976. The van der Waals surface area contributed by atoms with E-state index in [0.29, 0.717) is 16.8 Å². The van der Waals surface area contributed by atoms with E-state index in [4.69, 9.17) is 0 Å². The number of carbonyl (C=O) groups excluding carboxylic acids is 1.